The largest absolute Gasteiger partial charge is 0.381 e. The van der Waals surface area contributed by atoms with Crippen molar-refractivity contribution in [3.8, 4) is 0 Å². The Morgan fingerprint density at radius 3 is 2.48 bits per heavy atom. The molecular weight excluding hydrogens is 316 g/mol. The van der Waals surface area contributed by atoms with Crippen molar-refractivity contribution in [3.63, 3.8) is 0 Å². The van der Waals surface area contributed by atoms with Crippen molar-refractivity contribution in [3.05, 3.63) is 17.0 Å². The molecule has 0 radical (unpaired) electrons. The number of amides is 1. The van der Waals surface area contributed by atoms with E-state index in [1.807, 2.05) is 11.6 Å². The summed E-state index contributed by atoms with van der Waals surface area (Å²) >= 11 is 0. The molecule has 0 aliphatic carbocycles. The molecule has 2 fully saturated rings. The number of rotatable bonds is 5. The summed E-state index contributed by atoms with van der Waals surface area (Å²) < 4.78 is 7.30. The predicted octanol–water partition coefficient (Wildman–Crippen LogP) is 1.82. The highest BCUT2D eigenvalue weighted by atomic mass is 16.5. The van der Waals surface area contributed by atoms with E-state index in [0.717, 1.165) is 69.8 Å². The summed E-state index contributed by atoms with van der Waals surface area (Å²) in [6.07, 6.45) is 5.34. The van der Waals surface area contributed by atoms with Crippen molar-refractivity contribution >= 4 is 5.91 Å². The van der Waals surface area contributed by atoms with Crippen molar-refractivity contribution in [2.24, 2.45) is 0 Å². The first-order chi connectivity index (χ1) is 12.1. The summed E-state index contributed by atoms with van der Waals surface area (Å²) in [5.74, 6) is 0.0813. The fourth-order valence-corrected chi connectivity index (χ4v) is 4.27. The molecule has 2 aliphatic rings. The van der Waals surface area contributed by atoms with Crippen molar-refractivity contribution in [1.82, 2.24) is 20.0 Å². The fourth-order valence-electron chi connectivity index (χ4n) is 4.27. The predicted molar refractivity (Wildman–Crippen MR) is 97.7 cm³/mol. The van der Waals surface area contributed by atoms with Crippen LogP contribution in [0.25, 0.3) is 0 Å². The Balaban J connectivity index is 1.46. The summed E-state index contributed by atoms with van der Waals surface area (Å²) in [4.78, 5) is 15.0. The van der Waals surface area contributed by atoms with Crippen LogP contribution in [0.3, 0.4) is 0 Å². The number of hydrogen-bond donors (Lipinski definition) is 1. The smallest absolute Gasteiger partial charge is 0.241 e. The number of nitrogens with one attached hydrogen (secondary N) is 1. The summed E-state index contributed by atoms with van der Waals surface area (Å²) in [6.45, 7) is 10.5. The van der Waals surface area contributed by atoms with Crippen LogP contribution in [-0.2, 0) is 22.5 Å². The highest BCUT2D eigenvalue weighted by molar-refractivity contribution is 5.76. The first-order valence-electron chi connectivity index (χ1n) is 9.72. The molecule has 1 aromatic heterocycles. The molecule has 1 aromatic rings. The van der Waals surface area contributed by atoms with Gasteiger partial charge < -0.3 is 15.0 Å². The van der Waals surface area contributed by atoms with Gasteiger partial charge in [0.05, 0.1) is 5.69 Å². The van der Waals surface area contributed by atoms with Gasteiger partial charge in [0.1, 0.15) is 6.54 Å². The number of aryl methyl sites for hydroxylation is 1. The van der Waals surface area contributed by atoms with Crippen LogP contribution in [0.5, 0.6) is 0 Å². The number of carbonyl (C=O) groups is 1. The average Bonchev–Trinajstić information content (AvgIpc) is 2.89. The van der Waals surface area contributed by atoms with E-state index in [0.29, 0.717) is 18.6 Å². The van der Waals surface area contributed by atoms with Gasteiger partial charge in [0.25, 0.3) is 0 Å². The number of carbonyl (C=O) groups excluding carboxylic acids is 1. The maximum atomic E-state index is 12.4. The summed E-state index contributed by atoms with van der Waals surface area (Å²) in [6, 6.07) is 0.971. The first kappa shape index (κ1) is 18.4. The number of likely N-dealkylation sites (tertiary alicyclic amines) is 1. The van der Waals surface area contributed by atoms with Gasteiger partial charge in [-0.25, -0.2) is 0 Å². The minimum Gasteiger partial charge on any atom is -0.381 e. The molecule has 2 saturated heterocycles. The van der Waals surface area contributed by atoms with E-state index in [1.54, 1.807) is 0 Å². The van der Waals surface area contributed by atoms with Gasteiger partial charge in [-0.3, -0.25) is 9.48 Å². The van der Waals surface area contributed by atoms with Crippen LogP contribution in [0.1, 0.15) is 49.6 Å². The summed E-state index contributed by atoms with van der Waals surface area (Å²) in [5.41, 5.74) is 3.42. The fraction of sp³-hybridized carbons (Fsp3) is 0.789. The second kappa shape index (κ2) is 8.32. The van der Waals surface area contributed by atoms with E-state index in [2.05, 4.69) is 29.2 Å². The molecule has 3 rings (SSSR count). The molecule has 0 saturated carbocycles. The number of ether oxygens (including phenoxy) is 1. The van der Waals surface area contributed by atoms with Crippen LogP contribution in [0.15, 0.2) is 0 Å². The molecule has 1 N–H and O–H groups in total. The van der Waals surface area contributed by atoms with Gasteiger partial charge in [-0.1, -0.05) is 6.92 Å². The Kier molecular flexibility index (Phi) is 6.12. The van der Waals surface area contributed by atoms with E-state index in [-0.39, 0.29) is 5.91 Å². The van der Waals surface area contributed by atoms with Gasteiger partial charge in [0.15, 0.2) is 0 Å². The second-order valence-corrected chi connectivity index (χ2v) is 7.38. The number of piperidine rings is 1. The molecule has 0 spiro atoms. The van der Waals surface area contributed by atoms with Crippen LogP contribution in [0, 0.1) is 13.8 Å². The van der Waals surface area contributed by atoms with E-state index in [1.165, 1.54) is 5.56 Å². The minimum atomic E-state index is 0.0813. The monoisotopic (exact) mass is 348 g/mol. The number of hydrogen-bond acceptors (Lipinski definition) is 4. The molecule has 0 atom stereocenters. The standard InChI is InChI=1S/C19H32N4O2/c1-4-18-14(2)21-23(15(18)3)13-19(24)20-16-5-9-22(10-6-16)17-7-11-25-12-8-17/h16-17H,4-13H2,1-3H3,(H,20,24). The molecular formula is C19H32N4O2. The van der Waals surface area contributed by atoms with Gasteiger partial charge in [-0.15, -0.1) is 0 Å². The molecule has 2 aliphatic heterocycles. The quantitative estimate of drug-likeness (QED) is 0.882. The van der Waals surface area contributed by atoms with Crippen molar-refractivity contribution < 1.29 is 9.53 Å². The topological polar surface area (TPSA) is 59.4 Å². The van der Waals surface area contributed by atoms with E-state index in [9.17, 15) is 4.79 Å². The second-order valence-electron chi connectivity index (χ2n) is 7.38. The Bertz CT molecular complexity index is 584. The molecule has 6 nitrogen and oxygen atoms in total. The molecule has 6 heteroatoms. The van der Waals surface area contributed by atoms with Crippen molar-refractivity contribution in [1.29, 1.82) is 0 Å². The highest BCUT2D eigenvalue weighted by Crippen LogP contribution is 2.20. The zero-order valence-corrected chi connectivity index (χ0v) is 15.9. The SMILES string of the molecule is CCc1c(C)nn(CC(=O)NC2CCN(C3CCOCC3)CC2)c1C. The van der Waals surface area contributed by atoms with Crippen LogP contribution >= 0.6 is 0 Å². The minimum absolute atomic E-state index is 0.0813. The zero-order valence-electron chi connectivity index (χ0n) is 15.9. The van der Waals surface area contributed by atoms with E-state index >= 15 is 0 Å². The Hall–Kier alpha value is -1.40. The van der Waals surface area contributed by atoms with Gasteiger partial charge >= 0.3 is 0 Å². The Labute approximate surface area is 150 Å². The van der Waals surface area contributed by atoms with Crippen LogP contribution in [0.2, 0.25) is 0 Å². The average molecular weight is 348 g/mol. The van der Waals surface area contributed by atoms with Crippen molar-refractivity contribution in [2.45, 2.75) is 71.5 Å². The third-order valence-electron chi connectivity index (χ3n) is 5.78. The van der Waals surface area contributed by atoms with Crippen LogP contribution in [0.4, 0.5) is 0 Å². The molecule has 3 heterocycles. The normalized spacial score (nSPS) is 20.8. The maximum Gasteiger partial charge on any atom is 0.241 e. The summed E-state index contributed by atoms with van der Waals surface area (Å²) in [7, 11) is 0. The van der Waals surface area contributed by atoms with Crippen molar-refractivity contribution in [2.75, 3.05) is 26.3 Å². The molecule has 0 aromatic carbocycles. The maximum absolute atomic E-state index is 12.4. The number of nitrogens with zero attached hydrogens (tertiary/aromatic N) is 3. The number of aromatic nitrogens is 2. The van der Waals surface area contributed by atoms with Gasteiger partial charge in [0, 0.05) is 44.1 Å². The zero-order chi connectivity index (χ0) is 17.8. The van der Waals surface area contributed by atoms with Gasteiger partial charge in [0.2, 0.25) is 5.91 Å². The van der Waals surface area contributed by atoms with Crippen LogP contribution in [-0.4, -0.2) is 59.0 Å². The Morgan fingerprint density at radius 2 is 1.88 bits per heavy atom. The molecule has 1 amide bonds. The molecule has 0 bridgehead atoms. The van der Waals surface area contributed by atoms with Crippen LogP contribution < -0.4 is 5.32 Å². The van der Waals surface area contributed by atoms with Gasteiger partial charge in [-0.05, 0) is 51.5 Å². The molecule has 25 heavy (non-hydrogen) atoms. The highest BCUT2D eigenvalue weighted by Gasteiger charge is 2.27. The van der Waals surface area contributed by atoms with E-state index < -0.39 is 0 Å². The lowest BCUT2D eigenvalue weighted by Gasteiger charge is -2.39. The van der Waals surface area contributed by atoms with Gasteiger partial charge in [-0.2, -0.15) is 5.10 Å². The lowest BCUT2D eigenvalue weighted by atomic mass is 9.99. The van der Waals surface area contributed by atoms with E-state index in [4.69, 9.17) is 4.74 Å². The Morgan fingerprint density at radius 1 is 1.20 bits per heavy atom. The third kappa shape index (κ3) is 4.42. The first-order valence-corrected chi connectivity index (χ1v) is 9.72. The summed E-state index contributed by atoms with van der Waals surface area (Å²) in [5, 5.41) is 7.74. The molecule has 140 valence electrons. The lowest BCUT2D eigenvalue weighted by Crippen LogP contribution is -2.49. The third-order valence-corrected chi connectivity index (χ3v) is 5.78. The lowest BCUT2D eigenvalue weighted by molar-refractivity contribution is -0.123. The molecule has 0 unspecified atom stereocenters.